The molecule has 1 rings (SSSR count). The first-order valence-electron chi connectivity index (χ1n) is 6.75. The van der Waals surface area contributed by atoms with Gasteiger partial charge in [0.15, 0.2) is 11.5 Å². The van der Waals surface area contributed by atoms with E-state index in [-0.39, 0.29) is 0 Å². The largest absolute Gasteiger partial charge is 0.493 e. The van der Waals surface area contributed by atoms with E-state index < -0.39 is 11.7 Å². The quantitative estimate of drug-likeness (QED) is 0.872. The number of nitrogens with one attached hydrogen (secondary N) is 1. The number of nitrogens with two attached hydrogens (primary N) is 1. The molecule has 3 N–H and O–H groups in total. The van der Waals surface area contributed by atoms with E-state index in [9.17, 15) is 4.79 Å². The molecule has 0 aliphatic rings. The molecule has 0 fully saturated rings. The van der Waals surface area contributed by atoms with Gasteiger partial charge in [-0.15, -0.1) is 0 Å². The molecular formula is C15H24N2O4. The van der Waals surface area contributed by atoms with Crippen molar-refractivity contribution in [2.45, 2.75) is 32.8 Å². The van der Waals surface area contributed by atoms with Crippen LogP contribution in [-0.2, 0) is 11.2 Å². The molecular weight excluding hydrogens is 272 g/mol. The molecule has 0 heterocycles. The van der Waals surface area contributed by atoms with E-state index in [0.717, 1.165) is 5.56 Å². The number of ether oxygens (including phenoxy) is 3. The van der Waals surface area contributed by atoms with Crippen molar-refractivity contribution in [3.05, 3.63) is 17.7 Å². The Hall–Kier alpha value is -1.95. The normalized spacial score (nSPS) is 11.0. The van der Waals surface area contributed by atoms with E-state index in [0.29, 0.717) is 30.2 Å². The zero-order valence-electron chi connectivity index (χ0n) is 13.3. The fraction of sp³-hybridized carbons (Fsp3) is 0.533. The van der Waals surface area contributed by atoms with E-state index in [1.807, 2.05) is 20.8 Å². The molecule has 1 aromatic rings. The SMILES string of the molecule is COc1cc(CCN)c(NC(=O)OC(C)(C)C)cc1OC. The Bertz CT molecular complexity index is 495. The fourth-order valence-electron chi connectivity index (χ4n) is 1.81. The average molecular weight is 296 g/mol. The minimum atomic E-state index is -0.561. The first-order valence-corrected chi connectivity index (χ1v) is 6.75. The first-order chi connectivity index (χ1) is 9.80. The second kappa shape index (κ2) is 7.17. The maximum absolute atomic E-state index is 11.9. The lowest BCUT2D eigenvalue weighted by atomic mass is 10.1. The molecule has 1 amide bonds. The number of carbonyl (C=O) groups is 1. The smallest absolute Gasteiger partial charge is 0.412 e. The summed E-state index contributed by atoms with van der Waals surface area (Å²) in [6.45, 7) is 5.88. The van der Waals surface area contributed by atoms with Crippen LogP contribution in [0.4, 0.5) is 10.5 Å². The Kier molecular flexibility index (Phi) is 5.84. The van der Waals surface area contributed by atoms with Crippen LogP contribution in [0.15, 0.2) is 12.1 Å². The maximum atomic E-state index is 11.9. The molecule has 0 saturated carbocycles. The molecule has 6 nitrogen and oxygen atoms in total. The van der Waals surface area contributed by atoms with Crippen LogP contribution in [0.2, 0.25) is 0 Å². The Balaban J connectivity index is 3.05. The molecule has 0 aliphatic carbocycles. The molecule has 0 aliphatic heterocycles. The van der Waals surface area contributed by atoms with Crippen LogP contribution in [0, 0.1) is 0 Å². The lowest BCUT2D eigenvalue weighted by Gasteiger charge is -2.21. The summed E-state index contributed by atoms with van der Waals surface area (Å²) in [6.07, 6.45) is 0.0823. The Labute approximate surface area is 125 Å². The van der Waals surface area contributed by atoms with Crippen LogP contribution >= 0.6 is 0 Å². The third kappa shape index (κ3) is 5.15. The van der Waals surface area contributed by atoms with Gasteiger partial charge in [-0.2, -0.15) is 0 Å². The highest BCUT2D eigenvalue weighted by Crippen LogP contribution is 2.33. The summed E-state index contributed by atoms with van der Waals surface area (Å²) < 4.78 is 15.7. The van der Waals surface area contributed by atoms with Gasteiger partial charge in [-0.05, 0) is 45.4 Å². The number of carbonyl (C=O) groups excluding carboxylic acids is 1. The molecule has 0 spiro atoms. The van der Waals surface area contributed by atoms with Crippen LogP contribution in [0.5, 0.6) is 11.5 Å². The lowest BCUT2D eigenvalue weighted by Crippen LogP contribution is -2.27. The highest BCUT2D eigenvalue weighted by Gasteiger charge is 2.18. The number of rotatable bonds is 5. The third-order valence-electron chi connectivity index (χ3n) is 2.66. The molecule has 21 heavy (non-hydrogen) atoms. The molecule has 0 atom stereocenters. The van der Waals surface area contributed by atoms with Crippen LogP contribution in [0.3, 0.4) is 0 Å². The van der Waals surface area contributed by atoms with Gasteiger partial charge in [-0.25, -0.2) is 4.79 Å². The average Bonchev–Trinajstić information content (AvgIpc) is 2.38. The van der Waals surface area contributed by atoms with Gasteiger partial charge in [0.05, 0.1) is 19.9 Å². The predicted molar refractivity (Wildman–Crippen MR) is 82.2 cm³/mol. The second-order valence-corrected chi connectivity index (χ2v) is 5.53. The molecule has 0 bridgehead atoms. The van der Waals surface area contributed by atoms with Crippen molar-refractivity contribution >= 4 is 11.8 Å². The Morgan fingerprint density at radius 3 is 2.24 bits per heavy atom. The van der Waals surface area contributed by atoms with Crippen molar-refractivity contribution in [3.63, 3.8) is 0 Å². The van der Waals surface area contributed by atoms with Crippen LogP contribution in [0.1, 0.15) is 26.3 Å². The van der Waals surface area contributed by atoms with Gasteiger partial charge in [-0.1, -0.05) is 0 Å². The number of methoxy groups -OCH3 is 2. The van der Waals surface area contributed by atoms with Crippen molar-refractivity contribution in [3.8, 4) is 11.5 Å². The van der Waals surface area contributed by atoms with Crippen molar-refractivity contribution < 1.29 is 19.0 Å². The summed E-state index contributed by atoms with van der Waals surface area (Å²) in [7, 11) is 3.10. The summed E-state index contributed by atoms with van der Waals surface area (Å²) in [5, 5.41) is 2.73. The van der Waals surface area contributed by atoms with Crippen LogP contribution in [0.25, 0.3) is 0 Å². The van der Waals surface area contributed by atoms with Crippen LogP contribution in [-0.4, -0.2) is 32.5 Å². The van der Waals surface area contributed by atoms with E-state index >= 15 is 0 Å². The monoisotopic (exact) mass is 296 g/mol. The Morgan fingerprint density at radius 1 is 1.19 bits per heavy atom. The van der Waals surface area contributed by atoms with Crippen molar-refractivity contribution in [2.75, 3.05) is 26.1 Å². The van der Waals surface area contributed by atoms with Gasteiger partial charge in [0.2, 0.25) is 0 Å². The zero-order chi connectivity index (χ0) is 16.0. The van der Waals surface area contributed by atoms with Gasteiger partial charge < -0.3 is 19.9 Å². The summed E-state index contributed by atoms with van der Waals surface area (Å²) in [4.78, 5) is 11.9. The number of hydrogen-bond donors (Lipinski definition) is 2. The maximum Gasteiger partial charge on any atom is 0.412 e. The van der Waals surface area contributed by atoms with Gasteiger partial charge in [0.25, 0.3) is 0 Å². The molecule has 0 saturated heterocycles. The second-order valence-electron chi connectivity index (χ2n) is 5.53. The van der Waals surface area contributed by atoms with Gasteiger partial charge >= 0.3 is 6.09 Å². The van der Waals surface area contributed by atoms with E-state index in [1.165, 1.54) is 7.11 Å². The molecule has 0 unspecified atom stereocenters. The summed E-state index contributed by atoms with van der Waals surface area (Å²) in [5.74, 6) is 1.13. The lowest BCUT2D eigenvalue weighted by molar-refractivity contribution is 0.0635. The van der Waals surface area contributed by atoms with Crippen molar-refractivity contribution in [1.82, 2.24) is 0 Å². The van der Waals surface area contributed by atoms with Crippen LogP contribution < -0.4 is 20.5 Å². The number of benzene rings is 1. The highest BCUT2D eigenvalue weighted by atomic mass is 16.6. The van der Waals surface area contributed by atoms with Crippen molar-refractivity contribution in [1.29, 1.82) is 0 Å². The fourth-order valence-corrected chi connectivity index (χ4v) is 1.81. The first kappa shape index (κ1) is 17.1. The van der Waals surface area contributed by atoms with E-state index in [4.69, 9.17) is 19.9 Å². The summed E-state index contributed by atoms with van der Waals surface area (Å²) >= 11 is 0. The predicted octanol–water partition coefficient (Wildman–Crippen LogP) is 2.55. The minimum absolute atomic E-state index is 0.457. The molecule has 0 aromatic heterocycles. The van der Waals surface area contributed by atoms with Gasteiger partial charge in [-0.3, -0.25) is 5.32 Å². The molecule has 6 heteroatoms. The third-order valence-corrected chi connectivity index (χ3v) is 2.66. The minimum Gasteiger partial charge on any atom is -0.493 e. The highest BCUT2D eigenvalue weighted by molar-refractivity contribution is 5.86. The van der Waals surface area contributed by atoms with E-state index in [2.05, 4.69) is 5.32 Å². The van der Waals surface area contributed by atoms with Gasteiger partial charge in [0, 0.05) is 6.07 Å². The number of anilines is 1. The zero-order valence-corrected chi connectivity index (χ0v) is 13.3. The summed E-state index contributed by atoms with van der Waals surface area (Å²) in [5.41, 5.74) is 6.51. The topological polar surface area (TPSA) is 82.8 Å². The van der Waals surface area contributed by atoms with Gasteiger partial charge in [0.1, 0.15) is 5.60 Å². The van der Waals surface area contributed by atoms with Crippen molar-refractivity contribution in [2.24, 2.45) is 5.73 Å². The van der Waals surface area contributed by atoms with E-state index in [1.54, 1.807) is 19.2 Å². The number of hydrogen-bond acceptors (Lipinski definition) is 5. The summed E-state index contributed by atoms with van der Waals surface area (Å²) in [6, 6.07) is 3.51. The molecule has 0 radical (unpaired) electrons. The Morgan fingerprint density at radius 2 is 1.76 bits per heavy atom. The molecule has 118 valence electrons. The number of amides is 1. The molecule has 1 aromatic carbocycles. The standard InChI is InChI=1S/C15H24N2O4/c1-15(2,3)21-14(18)17-11-9-13(20-5)12(19-4)8-10(11)6-7-16/h8-9H,6-7,16H2,1-5H3,(H,17,18).